The number of thiazole rings is 1. The number of hydrogen-bond donors (Lipinski definition) is 1. The maximum absolute atomic E-state index is 5.08. The molecular weight excluding hydrogens is 260 g/mol. The fraction of sp³-hybridized carbons (Fsp3) is 0.786. The van der Waals surface area contributed by atoms with Crippen molar-refractivity contribution < 1.29 is 9.78 Å². The molecule has 1 saturated carbocycles. The average Bonchev–Trinajstić information content (AvgIpc) is 3.06. The average molecular weight is 280 g/mol. The molecule has 104 valence electrons. The Hall–Kier alpha value is -0.490. The summed E-state index contributed by atoms with van der Waals surface area (Å²) in [6.07, 6.45) is 4.99. The lowest BCUT2D eigenvalue weighted by Gasteiger charge is -2.41. The number of aryl methyl sites for hydroxylation is 1. The Morgan fingerprint density at radius 2 is 2.16 bits per heavy atom. The first-order chi connectivity index (χ1) is 9.13. The van der Waals surface area contributed by atoms with Crippen LogP contribution in [-0.4, -0.2) is 17.8 Å². The van der Waals surface area contributed by atoms with Crippen LogP contribution in [0.4, 0.5) is 0 Å². The molecule has 0 bridgehead atoms. The van der Waals surface area contributed by atoms with Crippen molar-refractivity contribution in [1.82, 2.24) is 10.3 Å². The number of rotatable bonds is 3. The monoisotopic (exact) mass is 280 g/mol. The van der Waals surface area contributed by atoms with Crippen LogP contribution in [-0.2, 0) is 16.2 Å². The van der Waals surface area contributed by atoms with Crippen molar-refractivity contribution in [3.63, 3.8) is 0 Å². The zero-order valence-electron chi connectivity index (χ0n) is 11.4. The maximum atomic E-state index is 5.08. The van der Waals surface area contributed by atoms with E-state index < -0.39 is 0 Å². The highest BCUT2D eigenvalue weighted by Crippen LogP contribution is 2.50. The molecule has 2 unspecified atom stereocenters. The zero-order chi connectivity index (χ0) is 13.0. The molecule has 0 amide bonds. The summed E-state index contributed by atoms with van der Waals surface area (Å²) in [7, 11) is 0. The van der Waals surface area contributed by atoms with Gasteiger partial charge in [-0.3, -0.25) is 5.32 Å². The predicted octanol–water partition coefficient (Wildman–Crippen LogP) is 2.91. The van der Waals surface area contributed by atoms with Crippen LogP contribution in [0.1, 0.15) is 60.6 Å². The summed E-state index contributed by atoms with van der Waals surface area (Å²) in [6, 6.07) is 0.343. The van der Waals surface area contributed by atoms with Crippen molar-refractivity contribution in [2.24, 2.45) is 5.41 Å². The molecule has 0 spiro atoms. The van der Waals surface area contributed by atoms with Gasteiger partial charge in [-0.2, -0.15) is 0 Å². The third-order valence-corrected chi connectivity index (χ3v) is 5.80. The molecule has 2 heterocycles. The van der Waals surface area contributed by atoms with Crippen LogP contribution >= 0.6 is 11.3 Å². The lowest BCUT2D eigenvalue weighted by atomic mass is 9.74. The van der Waals surface area contributed by atoms with Crippen LogP contribution in [0, 0.1) is 5.41 Å². The fourth-order valence-corrected chi connectivity index (χ4v) is 4.48. The van der Waals surface area contributed by atoms with Crippen molar-refractivity contribution in [2.45, 2.75) is 57.7 Å². The van der Waals surface area contributed by atoms with E-state index in [1.165, 1.54) is 34.8 Å². The van der Waals surface area contributed by atoms with E-state index in [4.69, 9.17) is 14.8 Å². The third kappa shape index (κ3) is 2.13. The molecule has 1 aliphatic heterocycles. The van der Waals surface area contributed by atoms with Gasteiger partial charge in [-0.25, -0.2) is 14.8 Å². The molecule has 4 rings (SSSR count). The van der Waals surface area contributed by atoms with Gasteiger partial charge in [-0.05, 0) is 31.1 Å². The van der Waals surface area contributed by atoms with Gasteiger partial charge >= 0.3 is 0 Å². The third-order valence-electron chi connectivity index (χ3n) is 4.48. The standard InChI is InChI=1S/C14H20N2O2S/c1-14(2)6-5-9-11(12(14)16-10-7-17-18-10)19-13(15-9)8-3-4-8/h8,10,12,16H,3-7H2,1-2H3. The van der Waals surface area contributed by atoms with Gasteiger partial charge < -0.3 is 0 Å². The lowest BCUT2D eigenvalue weighted by molar-refractivity contribution is -0.433. The minimum Gasteiger partial charge on any atom is -0.279 e. The van der Waals surface area contributed by atoms with E-state index in [0.29, 0.717) is 12.6 Å². The molecule has 2 atom stereocenters. The van der Waals surface area contributed by atoms with Crippen LogP contribution in [0.5, 0.6) is 0 Å². The second-order valence-corrected chi connectivity index (χ2v) is 7.66. The predicted molar refractivity (Wildman–Crippen MR) is 72.9 cm³/mol. The van der Waals surface area contributed by atoms with Crippen LogP contribution < -0.4 is 5.32 Å². The Kier molecular flexibility index (Phi) is 2.74. The first kappa shape index (κ1) is 12.3. The van der Waals surface area contributed by atoms with Gasteiger partial charge in [0.15, 0.2) is 6.23 Å². The van der Waals surface area contributed by atoms with Crippen molar-refractivity contribution in [1.29, 1.82) is 0 Å². The van der Waals surface area contributed by atoms with Gasteiger partial charge in [0.2, 0.25) is 0 Å². The molecular formula is C14H20N2O2S. The van der Waals surface area contributed by atoms with E-state index >= 15 is 0 Å². The lowest BCUT2D eigenvalue weighted by Crippen LogP contribution is -2.50. The second kappa shape index (κ2) is 4.25. The number of fused-ring (bicyclic) bond motifs is 1. The minimum atomic E-state index is 0.0432. The first-order valence-corrected chi connectivity index (χ1v) is 7.99. The van der Waals surface area contributed by atoms with E-state index in [9.17, 15) is 0 Å². The van der Waals surface area contributed by atoms with E-state index in [1.807, 2.05) is 11.3 Å². The number of nitrogens with zero attached hydrogens (tertiary/aromatic N) is 1. The van der Waals surface area contributed by atoms with Crippen molar-refractivity contribution in [2.75, 3.05) is 6.61 Å². The van der Waals surface area contributed by atoms with Crippen molar-refractivity contribution in [3.8, 4) is 0 Å². The first-order valence-electron chi connectivity index (χ1n) is 7.17. The highest BCUT2D eigenvalue weighted by atomic mass is 32.1. The zero-order valence-corrected chi connectivity index (χ0v) is 12.3. The topological polar surface area (TPSA) is 43.4 Å². The Labute approximate surface area is 117 Å². The Bertz CT molecular complexity index is 492. The molecule has 0 radical (unpaired) electrons. The summed E-state index contributed by atoms with van der Waals surface area (Å²) in [5.74, 6) is 0.752. The van der Waals surface area contributed by atoms with E-state index in [-0.39, 0.29) is 11.6 Å². The Balaban J connectivity index is 1.65. The smallest absolute Gasteiger partial charge is 0.171 e. The fourth-order valence-electron chi connectivity index (χ4n) is 2.93. The highest BCUT2D eigenvalue weighted by molar-refractivity contribution is 7.12. The molecule has 3 aliphatic rings. The van der Waals surface area contributed by atoms with Crippen LogP contribution in [0.25, 0.3) is 0 Å². The van der Waals surface area contributed by atoms with Crippen molar-refractivity contribution in [3.05, 3.63) is 15.6 Å². The van der Waals surface area contributed by atoms with Gasteiger partial charge in [-0.1, -0.05) is 13.8 Å². The molecule has 1 saturated heterocycles. The van der Waals surface area contributed by atoms with Crippen LogP contribution in [0.3, 0.4) is 0 Å². The van der Waals surface area contributed by atoms with Crippen LogP contribution in [0.2, 0.25) is 0 Å². The molecule has 1 aromatic rings. The van der Waals surface area contributed by atoms with Crippen molar-refractivity contribution >= 4 is 11.3 Å². The van der Waals surface area contributed by atoms with Gasteiger partial charge in [0, 0.05) is 10.8 Å². The van der Waals surface area contributed by atoms with Gasteiger partial charge in [0.1, 0.15) is 6.61 Å². The quantitative estimate of drug-likeness (QED) is 0.865. The van der Waals surface area contributed by atoms with E-state index in [1.54, 1.807) is 0 Å². The Morgan fingerprint density at radius 3 is 2.79 bits per heavy atom. The molecule has 1 N–H and O–H groups in total. The summed E-state index contributed by atoms with van der Waals surface area (Å²) in [6.45, 7) is 5.32. The summed E-state index contributed by atoms with van der Waals surface area (Å²) in [4.78, 5) is 16.2. The summed E-state index contributed by atoms with van der Waals surface area (Å²) in [5.41, 5.74) is 1.57. The minimum absolute atomic E-state index is 0.0432. The van der Waals surface area contributed by atoms with Gasteiger partial charge in [0.05, 0.1) is 16.7 Å². The maximum Gasteiger partial charge on any atom is 0.171 e. The molecule has 2 fully saturated rings. The molecule has 0 aromatic carbocycles. The summed E-state index contributed by atoms with van der Waals surface area (Å²) < 4.78 is 0. The van der Waals surface area contributed by atoms with E-state index in [0.717, 1.165) is 12.3 Å². The molecule has 1 aromatic heterocycles. The van der Waals surface area contributed by atoms with E-state index in [2.05, 4.69) is 19.2 Å². The molecule has 4 nitrogen and oxygen atoms in total. The van der Waals surface area contributed by atoms with Gasteiger partial charge in [-0.15, -0.1) is 11.3 Å². The molecule has 5 heteroatoms. The molecule has 2 aliphatic carbocycles. The molecule has 19 heavy (non-hydrogen) atoms. The summed E-state index contributed by atoms with van der Waals surface area (Å²) in [5, 5.41) is 4.96. The second-order valence-electron chi connectivity index (χ2n) is 6.59. The number of nitrogens with one attached hydrogen (secondary N) is 1. The van der Waals surface area contributed by atoms with Crippen LogP contribution in [0.15, 0.2) is 0 Å². The SMILES string of the molecule is CC1(C)CCc2nc(C3CC3)sc2C1NC1COO1. The highest BCUT2D eigenvalue weighted by Gasteiger charge is 2.42. The Morgan fingerprint density at radius 1 is 1.37 bits per heavy atom. The van der Waals surface area contributed by atoms with Gasteiger partial charge in [0.25, 0.3) is 0 Å². The largest absolute Gasteiger partial charge is 0.279 e. The number of hydrogen-bond acceptors (Lipinski definition) is 5. The number of aromatic nitrogens is 1. The normalized spacial score (nSPS) is 32.7. The summed E-state index contributed by atoms with van der Waals surface area (Å²) >= 11 is 1.92.